The van der Waals surface area contributed by atoms with Crippen molar-refractivity contribution in [3.05, 3.63) is 22.4 Å². The van der Waals surface area contributed by atoms with Crippen molar-refractivity contribution < 1.29 is 9.53 Å². The number of ether oxygens (including phenoxy) is 1. The van der Waals surface area contributed by atoms with E-state index in [0.29, 0.717) is 12.0 Å². The minimum absolute atomic E-state index is 0.0217. The second-order valence-corrected chi connectivity index (χ2v) is 8.43. The number of urea groups is 1. The number of carbonyl (C=O) groups excluding carboxylic acids is 1. The number of hydrogen-bond acceptors (Lipinski definition) is 4. The molecule has 132 valence electrons. The third-order valence-electron chi connectivity index (χ3n) is 5.54. The van der Waals surface area contributed by atoms with E-state index in [2.05, 4.69) is 33.0 Å². The van der Waals surface area contributed by atoms with Crippen LogP contribution < -0.4 is 10.6 Å². The van der Waals surface area contributed by atoms with E-state index in [1.165, 1.54) is 24.3 Å². The average molecular weight is 350 g/mol. The van der Waals surface area contributed by atoms with Crippen LogP contribution in [0.4, 0.5) is 4.79 Å². The molecule has 5 nitrogen and oxygen atoms in total. The van der Waals surface area contributed by atoms with E-state index >= 15 is 0 Å². The standard InChI is InChI=1S/C18H27N3O2S/c22-18(20-16-9-14-5-6-17(16)23-14)19-10-13-3-1-7-21(11-13)12-15-4-2-8-24-15/h2,4,8,13-14,16-17H,1,3,5-7,9-12H2,(H2,19,20,22)/t13-,14-,16+,17-/m1/s1. The normalized spacial score (nSPS) is 32.8. The SMILES string of the molecule is O=C(NC[C@H]1CCCN(Cc2cccs2)C1)N[C@H]1C[C@H]2CC[C@H]1O2. The highest BCUT2D eigenvalue weighted by molar-refractivity contribution is 7.09. The number of rotatable bonds is 5. The van der Waals surface area contributed by atoms with Crippen LogP contribution in [-0.4, -0.2) is 48.8 Å². The van der Waals surface area contributed by atoms with Crippen molar-refractivity contribution >= 4 is 17.4 Å². The molecular formula is C18H27N3O2S. The van der Waals surface area contributed by atoms with Crippen molar-refractivity contribution in [2.75, 3.05) is 19.6 Å². The van der Waals surface area contributed by atoms with Crippen LogP contribution in [0.5, 0.6) is 0 Å². The first-order chi connectivity index (χ1) is 11.8. The zero-order valence-electron chi connectivity index (χ0n) is 14.1. The summed E-state index contributed by atoms with van der Waals surface area (Å²) in [6.45, 7) is 4.07. The number of carbonyl (C=O) groups is 1. The van der Waals surface area contributed by atoms with E-state index in [4.69, 9.17) is 4.74 Å². The van der Waals surface area contributed by atoms with Gasteiger partial charge in [0.1, 0.15) is 0 Å². The maximum atomic E-state index is 12.2. The summed E-state index contributed by atoms with van der Waals surface area (Å²) < 4.78 is 5.80. The van der Waals surface area contributed by atoms with Crippen molar-refractivity contribution in [2.24, 2.45) is 5.92 Å². The van der Waals surface area contributed by atoms with E-state index in [9.17, 15) is 4.79 Å². The van der Waals surface area contributed by atoms with Gasteiger partial charge in [-0.15, -0.1) is 11.3 Å². The molecule has 0 saturated carbocycles. The van der Waals surface area contributed by atoms with Crippen molar-refractivity contribution in [1.29, 1.82) is 0 Å². The van der Waals surface area contributed by atoms with E-state index < -0.39 is 0 Å². The van der Waals surface area contributed by atoms with Crippen LogP contribution in [0.1, 0.15) is 37.0 Å². The van der Waals surface area contributed by atoms with Gasteiger partial charge >= 0.3 is 6.03 Å². The molecule has 3 fully saturated rings. The molecule has 4 heterocycles. The Bertz CT molecular complexity index is 550. The third kappa shape index (κ3) is 3.92. The lowest BCUT2D eigenvalue weighted by molar-refractivity contribution is 0.0980. The van der Waals surface area contributed by atoms with Crippen LogP contribution in [0.15, 0.2) is 17.5 Å². The molecule has 0 radical (unpaired) electrons. The number of piperidine rings is 1. The number of likely N-dealkylation sites (tertiary alicyclic amines) is 1. The van der Waals surface area contributed by atoms with Crippen molar-refractivity contribution in [3.8, 4) is 0 Å². The Hall–Kier alpha value is -1.11. The van der Waals surface area contributed by atoms with Crippen LogP contribution in [0.2, 0.25) is 0 Å². The van der Waals surface area contributed by atoms with Gasteiger partial charge < -0.3 is 15.4 Å². The van der Waals surface area contributed by atoms with Gasteiger partial charge in [0.05, 0.1) is 18.2 Å². The molecule has 0 aromatic carbocycles. The maximum Gasteiger partial charge on any atom is 0.315 e. The number of thiophene rings is 1. The van der Waals surface area contributed by atoms with Crippen molar-refractivity contribution in [2.45, 2.75) is 56.9 Å². The molecule has 2 N–H and O–H groups in total. The van der Waals surface area contributed by atoms with Gasteiger partial charge in [-0.2, -0.15) is 0 Å². The van der Waals surface area contributed by atoms with Crippen LogP contribution in [0, 0.1) is 5.92 Å². The summed E-state index contributed by atoms with van der Waals surface area (Å²) in [5.41, 5.74) is 0. The summed E-state index contributed by atoms with van der Waals surface area (Å²) in [4.78, 5) is 16.1. The molecule has 2 amide bonds. The van der Waals surface area contributed by atoms with Gasteiger partial charge in [-0.3, -0.25) is 4.90 Å². The zero-order valence-corrected chi connectivity index (χ0v) is 14.9. The molecule has 6 heteroatoms. The molecule has 3 aliphatic rings. The summed E-state index contributed by atoms with van der Waals surface area (Å²) in [7, 11) is 0. The number of hydrogen-bond donors (Lipinski definition) is 2. The first-order valence-corrected chi connectivity index (χ1v) is 10.1. The summed E-state index contributed by atoms with van der Waals surface area (Å²) in [6, 6.07) is 4.52. The van der Waals surface area contributed by atoms with Gasteiger partial charge in [0, 0.05) is 24.5 Å². The molecule has 0 aliphatic carbocycles. The smallest absolute Gasteiger partial charge is 0.315 e. The van der Waals surface area contributed by atoms with E-state index in [0.717, 1.165) is 38.9 Å². The molecule has 1 aromatic heterocycles. The number of amides is 2. The van der Waals surface area contributed by atoms with E-state index in [-0.39, 0.29) is 18.2 Å². The van der Waals surface area contributed by atoms with Gasteiger partial charge in [0.2, 0.25) is 0 Å². The van der Waals surface area contributed by atoms with Crippen molar-refractivity contribution in [3.63, 3.8) is 0 Å². The number of nitrogens with one attached hydrogen (secondary N) is 2. The first kappa shape index (κ1) is 16.4. The average Bonchev–Trinajstić information content (AvgIpc) is 3.31. The Balaban J connectivity index is 1.18. The minimum atomic E-state index is -0.0217. The molecule has 3 saturated heterocycles. The maximum absolute atomic E-state index is 12.2. The lowest BCUT2D eigenvalue weighted by atomic mass is 9.95. The Kier molecular flexibility index (Phi) is 5.06. The molecule has 3 aliphatic heterocycles. The highest BCUT2D eigenvalue weighted by Gasteiger charge is 2.41. The third-order valence-corrected chi connectivity index (χ3v) is 6.40. The Labute approximate surface area is 147 Å². The van der Waals surface area contributed by atoms with Gasteiger partial charge in [-0.05, 0) is 56.0 Å². The molecule has 2 bridgehead atoms. The predicted octanol–water partition coefficient (Wildman–Crippen LogP) is 2.58. The fourth-order valence-corrected chi connectivity index (χ4v) is 5.08. The highest BCUT2D eigenvalue weighted by Crippen LogP contribution is 2.34. The van der Waals surface area contributed by atoms with E-state index in [1.807, 2.05) is 11.3 Å². The molecule has 1 aromatic rings. The van der Waals surface area contributed by atoms with Gasteiger partial charge in [-0.25, -0.2) is 4.79 Å². The molecular weight excluding hydrogens is 322 g/mol. The fourth-order valence-electron chi connectivity index (χ4n) is 4.33. The Morgan fingerprint density at radius 1 is 1.38 bits per heavy atom. The second-order valence-electron chi connectivity index (χ2n) is 7.39. The summed E-state index contributed by atoms with van der Waals surface area (Å²) in [5.74, 6) is 0.556. The topological polar surface area (TPSA) is 53.6 Å². The molecule has 4 atom stereocenters. The number of nitrogens with zero attached hydrogens (tertiary/aromatic N) is 1. The van der Waals surface area contributed by atoms with Gasteiger partial charge in [0.15, 0.2) is 0 Å². The molecule has 0 spiro atoms. The summed E-state index contributed by atoms with van der Waals surface area (Å²) in [6.07, 6.45) is 6.29. The quantitative estimate of drug-likeness (QED) is 0.859. The van der Waals surface area contributed by atoms with E-state index in [1.54, 1.807) is 0 Å². The monoisotopic (exact) mass is 349 g/mol. The molecule has 4 rings (SSSR count). The van der Waals surface area contributed by atoms with Crippen LogP contribution in [0.3, 0.4) is 0 Å². The van der Waals surface area contributed by atoms with Crippen LogP contribution in [-0.2, 0) is 11.3 Å². The van der Waals surface area contributed by atoms with Gasteiger partial charge in [-0.1, -0.05) is 6.07 Å². The summed E-state index contributed by atoms with van der Waals surface area (Å²) >= 11 is 1.83. The Morgan fingerprint density at radius 3 is 3.08 bits per heavy atom. The lowest BCUT2D eigenvalue weighted by Crippen LogP contribution is -2.48. The van der Waals surface area contributed by atoms with Gasteiger partial charge in [0.25, 0.3) is 0 Å². The zero-order chi connectivity index (χ0) is 16.4. The summed E-state index contributed by atoms with van der Waals surface area (Å²) in [5, 5.41) is 8.34. The van der Waals surface area contributed by atoms with Crippen LogP contribution in [0.25, 0.3) is 0 Å². The molecule has 24 heavy (non-hydrogen) atoms. The Morgan fingerprint density at radius 2 is 2.33 bits per heavy atom. The highest BCUT2D eigenvalue weighted by atomic mass is 32.1. The van der Waals surface area contributed by atoms with Crippen molar-refractivity contribution in [1.82, 2.24) is 15.5 Å². The lowest BCUT2D eigenvalue weighted by Gasteiger charge is -2.32. The minimum Gasteiger partial charge on any atom is -0.373 e. The number of fused-ring (bicyclic) bond motifs is 2. The first-order valence-electron chi connectivity index (χ1n) is 9.21. The molecule has 0 unspecified atom stereocenters. The second kappa shape index (κ2) is 7.42. The largest absolute Gasteiger partial charge is 0.373 e. The van der Waals surface area contributed by atoms with Crippen LogP contribution >= 0.6 is 11.3 Å². The predicted molar refractivity (Wildman–Crippen MR) is 95.2 cm³/mol. The fraction of sp³-hybridized carbons (Fsp3) is 0.722.